The summed E-state index contributed by atoms with van der Waals surface area (Å²) in [6.07, 6.45) is 4.45. The molecule has 2 aromatic heterocycles. The molecule has 0 spiro atoms. The van der Waals surface area contributed by atoms with Crippen molar-refractivity contribution in [1.29, 1.82) is 0 Å². The molecule has 0 amide bonds. The minimum Gasteiger partial charge on any atom is -0.334 e. The minimum atomic E-state index is 0.228. The molecule has 106 valence electrons. The summed E-state index contributed by atoms with van der Waals surface area (Å²) in [5.41, 5.74) is 0.862. The third-order valence-corrected chi connectivity index (χ3v) is 3.63. The van der Waals surface area contributed by atoms with Crippen LogP contribution in [0.5, 0.6) is 0 Å². The second kappa shape index (κ2) is 6.11. The third-order valence-electron chi connectivity index (χ3n) is 3.63. The molecule has 6 nitrogen and oxygen atoms in total. The maximum atomic E-state index is 5.38. The van der Waals surface area contributed by atoms with Gasteiger partial charge in [-0.05, 0) is 18.6 Å². The van der Waals surface area contributed by atoms with Crippen molar-refractivity contribution >= 4 is 0 Å². The van der Waals surface area contributed by atoms with E-state index in [9.17, 15) is 0 Å². The van der Waals surface area contributed by atoms with Crippen molar-refractivity contribution < 1.29 is 4.52 Å². The van der Waals surface area contributed by atoms with Crippen molar-refractivity contribution in [3.8, 4) is 11.5 Å². The molecule has 1 aliphatic rings. The molecule has 3 rings (SSSR count). The van der Waals surface area contributed by atoms with Gasteiger partial charge in [0.15, 0.2) is 5.82 Å². The highest BCUT2D eigenvalue weighted by atomic mass is 16.5. The fourth-order valence-electron chi connectivity index (χ4n) is 2.57. The SMILES string of the molecule is CCC(c1noc(-c2cccnc2)n1)N1CCNCC1. The average molecular weight is 273 g/mol. The van der Waals surface area contributed by atoms with E-state index in [1.165, 1.54) is 0 Å². The van der Waals surface area contributed by atoms with Crippen LogP contribution >= 0.6 is 0 Å². The van der Waals surface area contributed by atoms with Gasteiger partial charge in [-0.1, -0.05) is 12.1 Å². The summed E-state index contributed by atoms with van der Waals surface area (Å²) >= 11 is 0. The van der Waals surface area contributed by atoms with E-state index in [0.29, 0.717) is 5.89 Å². The number of hydrogen-bond acceptors (Lipinski definition) is 6. The van der Waals surface area contributed by atoms with E-state index in [4.69, 9.17) is 4.52 Å². The van der Waals surface area contributed by atoms with Crippen LogP contribution in [0.25, 0.3) is 11.5 Å². The molecule has 1 aliphatic heterocycles. The quantitative estimate of drug-likeness (QED) is 0.910. The Hall–Kier alpha value is -1.79. The van der Waals surface area contributed by atoms with Crippen molar-refractivity contribution in [1.82, 2.24) is 25.3 Å². The van der Waals surface area contributed by atoms with Crippen LogP contribution in [0.1, 0.15) is 25.2 Å². The van der Waals surface area contributed by atoms with E-state index in [1.54, 1.807) is 12.4 Å². The number of rotatable bonds is 4. The van der Waals surface area contributed by atoms with E-state index in [0.717, 1.165) is 44.0 Å². The molecular formula is C14H19N5O. The molecule has 2 aromatic rings. The monoisotopic (exact) mass is 273 g/mol. The molecule has 0 aromatic carbocycles. The molecule has 20 heavy (non-hydrogen) atoms. The Kier molecular flexibility index (Phi) is 4.03. The summed E-state index contributed by atoms with van der Waals surface area (Å²) in [5.74, 6) is 1.31. The zero-order valence-electron chi connectivity index (χ0n) is 11.6. The molecule has 0 radical (unpaired) electrons. The van der Waals surface area contributed by atoms with Crippen LogP contribution in [-0.2, 0) is 0 Å². The van der Waals surface area contributed by atoms with Crippen LogP contribution in [0, 0.1) is 0 Å². The van der Waals surface area contributed by atoms with E-state index in [-0.39, 0.29) is 6.04 Å². The first-order valence-corrected chi connectivity index (χ1v) is 7.07. The Morgan fingerprint density at radius 3 is 2.95 bits per heavy atom. The second-order valence-electron chi connectivity index (χ2n) is 4.91. The van der Waals surface area contributed by atoms with Gasteiger partial charge in [-0.15, -0.1) is 0 Å². The number of pyridine rings is 1. The van der Waals surface area contributed by atoms with Crippen molar-refractivity contribution in [2.24, 2.45) is 0 Å². The maximum absolute atomic E-state index is 5.38. The lowest BCUT2D eigenvalue weighted by Crippen LogP contribution is -2.45. The van der Waals surface area contributed by atoms with Crippen LogP contribution in [0.15, 0.2) is 29.0 Å². The van der Waals surface area contributed by atoms with Crippen LogP contribution in [0.4, 0.5) is 0 Å². The lowest BCUT2D eigenvalue weighted by Gasteiger charge is -2.32. The highest BCUT2D eigenvalue weighted by Gasteiger charge is 2.25. The Morgan fingerprint density at radius 2 is 2.25 bits per heavy atom. The van der Waals surface area contributed by atoms with Gasteiger partial charge in [-0.2, -0.15) is 4.98 Å². The molecule has 0 saturated carbocycles. The lowest BCUT2D eigenvalue weighted by atomic mass is 10.1. The van der Waals surface area contributed by atoms with Crippen LogP contribution in [-0.4, -0.2) is 46.2 Å². The largest absolute Gasteiger partial charge is 0.334 e. The molecule has 1 fully saturated rings. The van der Waals surface area contributed by atoms with Crippen molar-refractivity contribution in [3.05, 3.63) is 30.4 Å². The Labute approximate surface area is 118 Å². The molecule has 0 aliphatic carbocycles. The summed E-state index contributed by atoms with van der Waals surface area (Å²) in [6.45, 7) is 6.24. The van der Waals surface area contributed by atoms with Gasteiger partial charge in [0, 0.05) is 38.6 Å². The second-order valence-corrected chi connectivity index (χ2v) is 4.91. The normalized spacial score (nSPS) is 18.1. The highest BCUT2D eigenvalue weighted by molar-refractivity contribution is 5.50. The fourth-order valence-corrected chi connectivity index (χ4v) is 2.57. The first-order chi connectivity index (χ1) is 9.88. The number of nitrogens with zero attached hydrogens (tertiary/aromatic N) is 4. The zero-order valence-corrected chi connectivity index (χ0v) is 11.6. The number of piperazine rings is 1. The third kappa shape index (κ3) is 2.71. The van der Waals surface area contributed by atoms with Gasteiger partial charge in [0.1, 0.15) is 0 Å². The van der Waals surface area contributed by atoms with Gasteiger partial charge < -0.3 is 9.84 Å². The molecule has 1 atom stereocenters. The first kappa shape index (κ1) is 13.2. The highest BCUT2D eigenvalue weighted by Crippen LogP contribution is 2.24. The van der Waals surface area contributed by atoms with E-state index >= 15 is 0 Å². The summed E-state index contributed by atoms with van der Waals surface area (Å²) in [5, 5.41) is 7.52. The van der Waals surface area contributed by atoms with Crippen LogP contribution < -0.4 is 5.32 Å². The molecular weight excluding hydrogens is 254 g/mol. The van der Waals surface area contributed by atoms with Gasteiger partial charge in [-0.25, -0.2) is 0 Å². The smallest absolute Gasteiger partial charge is 0.259 e. The topological polar surface area (TPSA) is 67.1 Å². The Balaban J connectivity index is 1.80. The molecule has 6 heteroatoms. The van der Waals surface area contributed by atoms with Crippen LogP contribution in [0.3, 0.4) is 0 Å². The standard InChI is InChI=1S/C14H19N5O/c1-2-12(19-8-6-15-7-9-19)13-17-14(20-18-13)11-4-3-5-16-10-11/h3-5,10,12,15H,2,6-9H2,1H3. The van der Waals surface area contributed by atoms with E-state index < -0.39 is 0 Å². The van der Waals surface area contributed by atoms with E-state index in [2.05, 4.69) is 32.3 Å². The first-order valence-electron chi connectivity index (χ1n) is 7.07. The van der Waals surface area contributed by atoms with Gasteiger partial charge in [0.2, 0.25) is 0 Å². The van der Waals surface area contributed by atoms with E-state index in [1.807, 2.05) is 12.1 Å². The van der Waals surface area contributed by atoms with Crippen molar-refractivity contribution in [3.63, 3.8) is 0 Å². The summed E-state index contributed by atoms with van der Waals surface area (Å²) < 4.78 is 5.38. The number of nitrogens with one attached hydrogen (secondary N) is 1. The molecule has 1 saturated heterocycles. The number of aromatic nitrogens is 3. The predicted octanol–water partition coefficient (Wildman–Crippen LogP) is 1.49. The summed E-state index contributed by atoms with van der Waals surface area (Å²) in [4.78, 5) is 11.0. The summed E-state index contributed by atoms with van der Waals surface area (Å²) in [7, 11) is 0. The van der Waals surface area contributed by atoms with Gasteiger partial charge >= 0.3 is 0 Å². The lowest BCUT2D eigenvalue weighted by molar-refractivity contribution is 0.160. The molecule has 0 bridgehead atoms. The van der Waals surface area contributed by atoms with Crippen molar-refractivity contribution in [2.45, 2.75) is 19.4 Å². The average Bonchev–Trinajstić information content (AvgIpc) is 3.00. The fraction of sp³-hybridized carbons (Fsp3) is 0.500. The number of hydrogen-bond donors (Lipinski definition) is 1. The molecule has 1 unspecified atom stereocenters. The zero-order chi connectivity index (χ0) is 13.8. The predicted molar refractivity (Wildman–Crippen MR) is 75.0 cm³/mol. The van der Waals surface area contributed by atoms with Crippen molar-refractivity contribution in [2.75, 3.05) is 26.2 Å². The van der Waals surface area contributed by atoms with Gasteiger partial charge in [0.25, 0.3) is 5.89 Å². The molecule has 1 N–H and O–H groups in total. The maximum Gasteiger partial charge on any atom is 0.259 e. The Bertz CT molecular complexity index is 536. The molecule has 3 heterocycles. The summed E-state index contributed by atoms with van der Waals surface area (Å²) in [6, 6.07) is 4.02. The minimum absolute atomic E-state index is 0.228. The Morgan fingerprint density at radius 1 is 1.40 bits per heavy atom. The van der Waals surface area contributed by atoms with Crippen LogP contribution in [0.2, 0.25) is 0 Å². The van der Waals surface area contributed by atoms with Gasteiger partial charge in [0.05, 0.1) is 11.6 Å². The van der Waals surface area contributed by atoms with Gasteiger partial charge in [-0.3, -0.25) is 9.88 Å².